The molecule has 5 aromatic rings. The standard InChI is InChI=1S/C26H19N2O/c1-17-12-13-20-22-16-19(27-2)15-21(18-9-5-4-6-10-18)25(22)29-26(20)24(17)23-11-7-8-14-28(23)3/h4-16H,1,3H3/q+1. The van der Waals surface area contributed by atoms with Crippen molar-refractivity contribution in [1.29, 1.82) is 0 Å². The molecule has 3 heteroatoms. The van der Waals surface area contributed by atoms with Crippen LogP contribution in [0, 0.1) is 13.5 Å². The van der Waals surface area contributed by atoms with Gasteiger partial charge in [0.1, 0.15) is 18.2 Å². The molecule has 2 heterocycles. The van der Waals surface area contributed by atoms with Gasteiger partial charge in [-0.15, -0.1) is 0 Å². The van der Waals surface area contributed by atoms with Gasteiger partial charge in [-0.2, -0.15) is 0 Å². The lowest BCUT2D eigenvalue weighted by atomic mass is 9.98. The minimum atomic E-state index is 0.617. The van der Waals surface area contributed by atoms with Crippen molar-refractivity contribution in [1.82, 2.24) is 0 Å². The highest BCUT2D eigenvalue weighted by atomic mass is 16.3. The number of furan rings is 1. The molecule has 0 aliphatic rings. The zero-order chi connectivity index (χ0) is 20.0. The summed E-state index contributed by atoms with van der Waals surface area (Å²) in [6, 6.07) is 24.4. The zero-order valence-corrected chi connectivity index (χ0v) is 16.3. The summed E-state index contributed by atoms with van der Waals surface area (Å²) in [4.78, 5) is 3.71. The summed E-state index contributed by atoms with van der Waals surface area (Å²) < 4.78 is 8.65. The first-order valence-electron chi connectivity index (χ1n) is 9.55. The topological polar surface area (TPSA) is 21.4 Å². The molecule has 3 nitrogen and oxygen atoms in total. The quantitative estimate of drug-likeness (QED) is 0.251. The second kappa shape index (κ2) is 6.61. The summed E-state index contributed by atoms with van der Waals surface area (Å²) >= 11 is 0. The van der Waals surface area contributed by atoms with E-state index in [0.29, 0.717) is 5.69 Å². The van der Waals surface area contributed by atoms with Gasteiger partial charge in [-0.1, -0.05) is 42.5 Å². The summed E-state index contributed by atoms with van der Waals surface area (Å²) in [7, 11) is 2.04. The van der Waals surface area contributed by atoms with Crippen LogP contribution in [0.25, 0.3) is 49.2 Å². The fourth-order valence-electron chi connectivity index (χ4n) is 4.02. The average molecular weight is 375 g/mol. The fourth-order valence-corrected chi connectivity index (χ4v) is 4.02. The Morgan fingerprint density at radius 3 is 2.41 bits per heavy atom. The Balaban J connectivity index is 1.93. The molecule has 0 aliphatic carbocycles. The molecule has 138 valence electrons. The van der Waals surface area contributed by atoms with Gasteiger partial charge in [0.05, 0.1) is 12.1 Å². The van der Waals surface area contributed by atoms with Crippen LogP contribution in [0.3, 0.4) is 0 Å². The summed E-state index contributed by atoms with van der Waals surface area (Å²) in [5, 5.41) is 2.01. The number of hydrogen-bond donors (Lipinski definition) is 0. The second-order valence-electron chi connectivity index (χ2n) is 7.28. The molecule has 0 spiro atoms. The van der Waals surface area contributed by atoms with Crippen molar-refractivity contribution in [3.8, 4) is 22.4 Å². The van der Waals surface area contributed by atoms with E-state index in [9.17, 15) is 0 Å². The maximum Gasteiger partial charge on any atom is 0.216 e. The molecule has 3 aromatic carbocycles. The lowest BCUT2D eigenvalue weighted by Gasteiger charge is -2.05. The van der Waals surface area contributed by atoms with E-state index in [1.807, 2.05) is 55.7 Å². The summed E-state index contributed by atoms with van der Waals surface area (Å²) in [5.41, 5.74) is 7.64. The molecular formula is C26H19N2O+. The van der Waals surface area contributed by atoms with Gasteiger partial charge in [0.15, 0.2) is 11.9 Å². The average Bonchev–Trinajstić information content (AvgIpc) is 3.13. The highest BCUT2D eigenvalue weighted by molar-refractivity contribution is 6.14. The summed E-state index contributed by atoms with van der Waals surface area (Å²) in [6.07, 6.45) is 2.04. The molecular weight excluding hydrogens is 356 g/mol. The molecule has 0 saturated heterocycles. The normalized spacial score (nSPS) is 11.1. The third-order valence-electron chi connectivity index (χ3n) is 5.46. The number of fused-ring (bicyclic) bond motifs is 3. The number of hydrogen-bond acceptors (Lipinski definition) is 1. The zero-order valence-electron chi connectivity index (χ0n) is 16.3. The third kappa shape index (κ3) is 2.69. The first kappa shape index (κ1) is 17.2. The minimum Gasteiger partial charge on any atom is -0.455 e. The van der Waals surface area contributed by atoms with Crippen molar-refractivity contribution in [3.63, 3.8) is 0 Å². The largest absolute Gasteiger partial charge is 0.455 e. The Morgan fingerprint density at radius 2 is 1.66 bits per heavy atom. The first-order chi connectivity index (χ1) is 14.2. The van der Waals surface area contributed by atoms with Crippen LogP contribution in [0.15, 0.2) is 83.4 Å². The van der Waals surface area contributed by atoms with E-state index < -0.39 is 0 Å². The van der Waals surface area contributed by atoms with Crippen LogP contribution in [0.5, 0.6) is 0 Å². The molecule has 0 fully saturated rings. The van der Waals surface area contributed by atoms with Crippen LogP contribution >= 0.6 is 0 Å². The van der Waals surface area contributed by atoms with Gasteiger partial charge in [-0.05, 0) is 36.2 Å². The number of pyridine rings is 1. The first-order valence-corrected chi connectivity index (χ1v) is 9.55. The van der Waals surface area contributed by atoms with Crippen LogP contribution in [-0.2, 0) is 7.05 Å². The Labute approximate surface area is 169 Å². The van der Waals surface area contributed by atoms with Crippen molar-refractivity contribution in [2.45, 2.75) is 6.92 Å². The minimum absolute atomic E-state index is 0.617. The van der Waals surface area contributed by atoms with Crippen LogP contribution in [0.2, 0.25) is 0 Å². The molecule has 29 heavy (non-hydrogen) atoms. The van der Waals surface area contributed by atoms with Gasteiger partial charge < -0.3 is 4.42 Å². The molecule has 0 radical (unpaired) electrons. The van der Waals surface area contributed by atoms with E-state index in [4.69, 9.17) is 11.0 Å². The Hall–Kier alpha value is -3.90. The van der Waals surface area contributed by atoms with E-state index in [2.05, 4.69) is 46.7 Å². The van der Waals surface area contributed by atoms with Crippen molar-refractivity contribution in [3.05, 3.63) is 96.0 Å². The predicted octanol–water partition coefficient (Wildman–Crippen LogP) is 6.60. The maximum atomic E-state index is 7.57. The second-order valence-corrected chi connectivity index (χ2v) is 7.28. The number of aryl methyl sites for hydroxylation is 2. The van der Waals surface area contributed by atoms with Crippen molar-refractivity contribution >= 4 is 27.6 Å². The Kier molecular flexibility index (Phi) is 3.93. The molecule has 2 aromatic heterocycles. The molecule has 0 bridgehead atoms. The number of aromatic nitrogens is 1. The molecule has 0 atom stereocenters. The van der Waals surface area contributed by atoms with Gasteiger partial charge >= 0.3 is 0 Å². The van der Waals surface area contributed by atoms with Crippen LogP contribution in [-0.4, -0.2) is 0 Å². The molecule has 5 rings (SSSR count). The van der Waals surface area contributed by atoms with E-state index in [0.717, 1.165) is 49.9 Å². The van der Waals surface area contributed by atoms with Gasteiger partial charge in [0, 0.05) is 28.5 Å². The molecule has 0 saturated carbocycles. The van der Waals surface area contributed by atoms with Gasteiger partial charge in [0.2, 0.25) is 5.69 Å². The number of nitrogens with zero attached hydrogens (tertiary/aromatic N) is 2. The van der Waals surface area contributed by atoms with Gasteiger partial charge in [-0.3, -0.25) is 0 Å². The van der Waals surface area contributed by atoms with Crippen LogP contribution in [0.1, 0.15) is 5.56 Å². The van der Waals surface area contributed by atoms with Crippen molar-refractivity contribution in [2.24, 2.45) is 7.05 Å². The smallest absolute Gasteiger partial charge is 0.216 e. The van der Waals surface area contributed by atoms with E-state index in [1.165, 1.54) is 0 Å². The Bertz CT molecular complexity index is 1420. The lowest BCUT2D eigenvalue weighted by molar-refractivity contribution is -0.660. The maximum absolute atomic E-state index is 7.57. The highest BCUT2D eigenvalue weighted by Gasteiger charge is 2.21. The fraction of sp³-hybridized carbons (Fsp3) is 0.0769. The predicted molar refractivity (Wildman–Crippen MR) is 117 cm³/mol. The van der Waals surface area contributed by atoms with E-state index in [1.54, 1.807) is 0 Å². The third-order valence-corrected chi connectivity index (χ3v) is 5.46. The van der Waals surface area contributed by atoms with Gasteiger partial charge in [0.25, 0.3) is 0 Å². The van der Waals surface area contributed by atoms with Crippen molar-refractivity contribution in [2.75, 3.05) is 0 Å². The monoisotopic (exact) mass is 375 g/mol. The number of benzene rings is 3. The van der Waals surface area contributed by atoms with E-state index >= 15 is 0 Å². The van der Waals surface area contributed by atoms with Gasteiger partial charge in [-0.25, -0.2) is 9.41 Å². The van der Waals surface area contributed by atoms with Crippen LogP contribution in [0.4, 0.5) is 5.69 Å². The van der Waals surface area contributed by atoms with Crippen molar-refractivity contribution < 1.29 is 8.98 Å². The summed E-state index contributed by atoms with van der Waals surface area (Å²) in [6.45, 7) is 9.68. The lowest BCUT2D eigenvalue weighted by Crippen LogP contribution is -2.30. The molecule has 0 amide bonds. The number of rotatable bonds is 2. The van der Waals surface area contributed by atoms with Crippen LogP contribution < -0.4 is 4.57 Å². The Morgan fingerprint density at radius 1 is 0.862 bits per heavy atom. The SMILES string of the molecule is [C-]#[N+]c1cc(-c2ccccc2)c2oc3c(-c4cccc[n+]4C)c(C)ccc3c2c1. The molecule has 0 N–H and O–H groups in total. The molecule has 0 aliphatic heterocycles. The molecule has 0 unspecified atom stereocenters. The summed E-state index contributed by atoms with van der Waals surface area (Å²) in [5.74, 6) is 0. The highest BCUT2D eigenvalue weighted by Crippen LogP contribution is 2.42. The van der Waals surface area contributed by atoms with E-state index in [-0.39, 0.29) is 0 Å².